The molecule has 0 saturated heterocycles. The van der Waals surface area contributed by atoms with Crippen molar-refractivity contribution < 1.29 is 9.72 Å². The molecule has 0 aliphatic heterocycles. The molecular formula is C14H15NO3. The highest BCUT2D eigenvalue weighted by atomic mass is 16.6. The quantitative estimate of drug-likeness (QED) is 0.594. The normalized spacial score (nSPS) is 34.6. The zero-order valence-corrected chi connectivity index (χ0v) is 10.0. The van der Waals surface area contributed by atoms with Gasteiger partial charge in [0.1, 0.15) is 11.2 Å². The average Bonchev–Trinajstić information content (AvgIpc) is 3.04. The Balaban J connectivity index is 1.99. The van der Waals surface area contributed by atoms with Crippen LogP contribution in [0, 0.1) is 15.5 Å². The van der Waals surface area contributed by atoms with Crippen LogP contribution < -0.4 is 0 Å². The minimum Gasteiger partial charge on any atom is -0.299 e. The third-order valence-electron chi connectivity index (χ3n) is 4.44. The summed E-state index contributed by atoms with van der Waals surface area (Å²) in [4.78, 5) is 23.1. The Morgan fingerprint density at radius 2 is 1.94 bits per heavy atom. The zero-order valence-electron chi connectivity index (χ0n) is 10.0. The first-order valence-corrected chi connectivity index (χ1v) is 6.39. The largest absolute Gasteiger partial charge is 0.299 e. The number of ketones is 1. The van der Waals surface area contributed by atoms with Gasteiger partial charge >= 0.3 is 0 Å². The Kier molecular flexibility index (Phi) is 2.47. The van der Waals surface area contributed by atoms with Crippen molar-refractivity contribution in [3.63, 3.8) is 0 Å². The van der Waals surface area contributed by atoms with Gasteiger partial charge in [0.25, 0.3) is 0 Å². The fraction of sp³-hybridized carbons (Fsp3) is 0.500. The highest BCUT2D eigenvalue weighted by Gasteiger charge is 2.77. The minimum absolute atomic E-state index is 0.101. The van der Waals surface area contributed by atoms with Crippen LogP contribution in [0.15, 0.2) is 30.3 Å². The van der Waals surface area contributed by atoms with Crippen molar-refractivity contribution >= 4 is 5.78 Å². The zero-order chi connectivity index (χ0) is 12.8. The molecule has 3 atom stereocenters. The predicted octanol–water partition coefficient (Wildman–Crippen LogP) is 2.56. The van der Waals surface area contributed by atoms with Gasteiger partial charge in [-0.3, -0.25) is 14.9 Å². The molecule has 1 spiro atoms. The minimum atomic E-state index is -0.701. The van der Waals surface area contributed by atoms with Crippen molar-refractivity contribution in [1.82, 2.24) is 0 Å². The van der Waals surface area contributed by atoms with Crippen LogP contribution in [-0.2, 0) is 4.79 Å². The number of carbonyl (C=O) groups excluding carboxylic acids is 1. The van der Waals surface area contributed by atoms with Crippen LogP contribution in [0.25, 0.3) is 0 Å². The monoisotopic (exact) mass is 245 g/mol. The van der Waals surface area contributed by atoms with Crippen LogP contribution in [0.4, 0.5) is 0 Å². The van der Waals surface area contributed by atoms with Gasteiger partial charge in [-0.1, -0.05) is 36.8 Å². The van der Waals surface area contributed by atoms with E-state index in [0.717, 1.165) is 18.4 Å². The first-order valence-electron chi connectivity index (χ1n) is 6.39. The van der Waals surface area contributed by atoms with Gasteiger partial charge in [0, 0.05) is 11.3 Å². The molecule has 0 heterocycles. The molecule has 1 aromatic carbocycles. The first-order chi connectivity index (χ1) is 8.68. The number of rotatable bonds is 2. The SMILES string of the molecule is O=C1CCCC[C@]12[C@H](c1ccccc1)[C@H]2[N+](=O)[O-]. The molecule has 94 valence electrons. The lowest BCUT2D eigenvalue weighted by Gasteiger charge is -2.19. The summed E-state index contributed by atoms with van der Waals surface area (Å²) < 4.78 is 0. The maximum atomic E-state index is 12.2. The third kappa shape index (κ3) is 1.41. The second-order valence-electron chi connectivity index (χ2n) is 5.29. The van der Waals surface area contributed by atoms with E-state index >= 15 is 0 Å². The molecule has 2 aliphatic rings. The van der Waals surface area contributed by atoms with E-state index in [-0.39, 0.29) is 16.6 Å². The molecule has 2 aliphatic carbocycles. The molecule has 0 bridgehead atoms. The van der Waals surface area contributed by atoms with Gasteiger partial charge in [0.05, 0.1) is 5.92 Å². The first kappa shape index (κ1) is 11.4. The number of hydrogen-bond acceptors (Lipinski definition) is 3. The van der Waals surface area contributed by atoms with Gasteiger partial charge in [-0.05, 0) is 18.4 Å². The second kappa shape index (κ2) is 3.90. The fourth-order valence-corrected chi connectivity index (χ4v) is 3.59. The van der Waals surface area contributed by atoms with E-state index in [4.69, 9.17) is 0 Å². The van der Waals surface area contributed by atoms with E-state index in [9.17, 15) is 14.9 Å². The average molecular weight is 245 g/mol. The van der Waals surface area contributed by atoms with E-state index in [1.54, 1.807) is 0 Å². The summed E-state index contributed by atoms with van der Waals surface area (Å²) in [5.41, 5.74) is 0.248. The van der Waals surface area contributed by atoms with Crippen LogP contribution in [0.2, 0.25) is 0 Å². The Morgan fingerprint density at radius 1 is 1.22 bits per heavy atom. The van der Waals surface area contributed by atoms with E-state index in [0.29, 0.717) is 12.8 Å². The van der Waals surface area contributed by atoms with Gasteiger partial charge in [-0.15, -0.1) is 0 Å². The highest BCUT2D eigenvalue weighted by molar-refractivity contribution is 5.91. The summed E-state index contributed by atoms with van der Waals surface area (Å²) in [6.07, 6.45) is 3.00. The number of nitrogens with zero attached hydrogens (tertiary/aromatic N) is 1. The van der Waals surface area contributed by atoms with Crippen molar-refractivity contribution in [2.45, 2.75) is 37.6 Å². The van der Waals surface area contributed by atoms with E-state index < -0.39 is 11.5 Å². The van der Waals surface area contributed by atoms with Crippen LogP contribution in [0.1, 0.15) is 37.2 Å². The lowest BCUT2D eigenvalue weighted by Crippen LogP contribution is -2.27. The van der Waals surface area contributed by atoms with Crippen LogP contribution in [-0.4, -0.2) is 16.7 Å². The Hall–Kier alpha value is -1.71. The summed E-state index contributed by atoms with van der Waals surface area (Å²) in [6, 6.07) is 8.75. The van der Waals surface area contributed by atoms with Crippen LogP contribution >= 0.6 is 0 Å². The molecule has 2 fully saturated rings. The maximum absolute atomic E-state index is 12.2. The number of benzene rings is 1. The summed E-state index contributed by atoms with van der Waals surface area (Å²) in [5, 5.41) is 11.2. The summed E-state index contributed by atoms with van der Waals surface area (Å²) in [5.74, 6) is -0.106. The van der Waals surface area contributed by atoms with Gasteiger partial charge in [0.2, 0.25) is 6.04 Å². The van der Waals surface area contributed by atoms with Gasteiger partial charge in [0.15, 0.2) is 0 Å². The van der Waals surface area contributed by atoms with Crippen molar-refractivity contribution in [2.75, 3.05) is 0 Å². The van der Waals surface area contributed by atoms with E-state index in [2.05, 4.69) is 0 Å². The molecule has 4 nitrogen and oxygen atoms in total. The van der Waals surface area contributed by atoms with Crippen molar-refractivity contribution in [1.29, 1.82) is 0 Å². The molecule has 0 unspecified atom stereocenters. The molecule has 1 aromatic rings. The van der Waals surface area contributed by atoms with Gasteiger partial charge < -0.3 is 0 Å². The summed E-state index contributed by atoms with van der Waals surface area (Å²) in [7, 11) is 0. The molecule has 2 saturated carbocycles. The molecule has 0 N–H and O–H groups in total. The molecule has 18 heavy (non-hydrogen) atoms. The van der Waals surface area contributed by atoms with Crippen molar-refractivity contribution in [2.24, 2.45) is 5.41 Å². The molecule has 3 rings (SSSR count). The lowest BCUT2D eigenvalue weighted by molar-refractivity contribution is -0.502. The molecular weight excluding hydrogens is 230 g/mol. The van der Waals surface area contributed by atoms with Crippen LogP contribution in [0.5, 0.6) is 0 Å². The molecule has 0 amide bonds. The standard InChI is InChI=1S/C14H15NO3/c16-11-8-4-5-9-14(11)12(13(14)15(17)18)10-6-2-1-3-7-10/h1-3,6-7,12-13H,4-5,8-9H2/t12-,13-,14-/m1/s1. The van der Waals surface area contributed by atoms with Crippen molar-refractivity contribution in [3.8, 4) is 0 Å². The maximum Gasteiger partial charge on any atom is 0.234 e. The number of Topliss-reactive ketones (excluding diaryl/α,β-unsaturated/α-hetero) is 1. The van der Waals surface area contributed by atoms with Crippen LogP contribution in [0.3, 0.4) is 0 Å². The number of nitro groups is 1. The number of hydrogen-bond donors (Lipinski definition) is 0. The highest BCUT2D eigenvalue weighted by Crippen LogP contribution is 2.65. The topological polar surface area (TPSA) is 60.2 Å². The second-order valence-corrected chi connectivity index (χ2v) is 5.29. The third-order valence-corrected chi connectivity index (χ3v) is 4.44. The Morgan fingerprint density at radius 3 is 2.56 bits per heavy atom. The lowest BCUT2D eigenvalue weighted by atomic mass is 9.81. The van der Waals surface area contributed by atoms with E-state index in [1.165, 1.54) is 0 Å². The molecule has 0 aromatic heterocycles. The molecule has 4 heteroatoms. The predicted molar refractivity (Wildman–Crippen MR) is 65.9 cm³/mol. The van der Waals surface area contributed by atoms with Crippen molar-refractivity contribution in [3.05, 3.63) is 46.0 Å². The summed E-state index contributed by atoms with van der Waals surface area (Å²) in [6.45, 7) is 0. The Bertz CT molecular complexity index is 499. The van der Waals surface area contributed by atoms with Gasteiger partial charge in [-0.2, -0.15) is 0 Å². The Labute approximate surface area is 105 Å². The fourth-order valence-electron chi connectivity index (χ4n) is 3.59. The van der Waals surface area contributed by atoms with E-state index in [1.807, 2.05) is 30.3 Å². The smallest absolute Gasteiger partial charge is 0.234 e. The molecule has 0 radical (unpaired) electrons. The summed E-state index contributed by atoms with van der Waals surface area (Å²) >= 11 is 0. The van der Waals surface area contributed by atoms with Gasteiger partial charge in [-0.25, -0.2) is 0 Å². The number of carbonyl (C=O) groups is 1.